The van der Waals surface area contributed by atoms with Gasteiger partial charge >= 0.3 is 5.97 Å². The third-order valence-electron chi connectivity index (χ3n) is 3.33. The van der Waals surface area contributed by atoms with Gasteiger partial charge in [0.05, 0.1) is 0 Å². The Kier molecular flexibility index (Phi) is 5.59. The maximum atomic E-state index is 11.9. The van der Waals surface area contributed by atoms with Crippen LogP contribution < -0.4 is 5.32 Å². The lowest BCUT2D eigenvalue weighted by molar-refractivity contribution is -0.148. The quantitative estimate of drug-likeness (QED) is 0.648. The average Bonchev–Trinajstić information content (AvgIpc) is 3.27. The number of hydrogen-bond acceptors (Lipinski definition) is 7. The van der Waals surface area contributed by atoms with Gasteiger partial charge in [0.2, 0.25) is 5.82 Å². The van der Waals surface area contributed by atoms with Crippen LogP contribution in [-0.4, -0.2) is 38.7 Å². The molecular weight excluding hydrogens is 378 g/mol. The smallest absolute Gasteiger partial charge is 0.330 e. The van der Waals surface area contributed by atoms with E-state index in [0.29, 0.717) is 16.5 Å². The number of aromatic nitrogens is 4. The van der Waals surface area contributed by atoms with Crippen LogP contribution in [-0.2, 0) is 20.9 Å². The second-order valence-corrected chi connectivity index (χ2v) is 6.54. The van der Waals surface area contributed by atoms with Crippen molar-refractivity contribution < 1.29 is 14.3 Å². The van der Waals surface area contributed by atoms with Gasteiger partial charge in [-0.15, -0.1) is 10.2 Å². The Balaban J connectivity index is 1.48. The molecule has 0 radical (unpaired) electrons. The number of rotatable bonds is 6. The minimum atomic E-state index is -0.637. The Morgan fingerprint density at radius 3 is 2.92 bits per heavy atom. The second kappa shape index (κ2) is 8.07. The van der Waals surface area contributed by atoms with Crippen molar-refractivity contribution in [2.75, 3.05) is 11.9 Å². The van der Waals surface area contributed by atoms with Crippen molar-refractivity contribution in [1.29, 1.82) is 0 Å². The van der Waals surface area contributed by atoms with E-state index in [-0.39, 0.29) is 6.54 Å². The van der Waals surface area contributed by atoms with E-state index < -0.39 is 18.5 Å². The van der Waals surface area contributed by atoms with Gasteiger partial charge in [-0.2, -0.15) is 16.1 Å². The summed E-state index contributed by atoms with van der Waals surface area (Å²) >= 11 is 7.38. The topological polar surface area (TPSA) is 99.0 Å². The molecule has 0 atom stereocenters. The minimum Gasteiger partial charge on any atom is -0.454 e. The third-order valence-corrected chi connectivity index (χ3v) is 4.25. The van der Waals surface area contributed by atoms with Crippen molar-refractivity contribution in [3.63, 3.8) is 0 Å². The van der Waals surface area contributed by atoms with Gasteiger partial charge in [0.15, 0.2) is 13.2 Å². The number of carbonyl (C=O) groups excluding carboxylic acids is 2. The van der Waals surface area contributed by atoms with E-state index in [1.807, 2.05) is 23.8 Å². The largest absolute Gasteiger partial charge is 0.454 e. The molecule has 1 N–H and O–H groups in total. The number of hydrogen-bond donors (Lipinski definition) is 1. The van der Waals surface area contributed by atoms with Crippen molar-refractivity contribution in [3.8, 4) is 11.4 Å². The van der Waals surface area contributed by atoms with Crippen LogP contribution in [0.2, 0.25) is 5.02 Å². The second-order valence-electron chi connectivity index (χ2n) is 5.32. The number of nitrogens with one attached hydrogen (secondary N) is 1. The molecule has 0 aliphatic heterocycles. The zero-order valence-corrected chi connectivity index (χ0v) is 15.3. The molecule has 0 unspecified atom stereocenters. The van der Waals surface area contributed by atoms with Crippen LogP contribution in [0.25, 0.3) is 11.4 Å². The Bertz CT molecular complexity index is 926. The number of thiophene rings is 1. The molecule has 0 saturated carbocycles. The summed E-state index contributed by atoms with van der Waals surface area (Å²) in [5, 5.41) is 18.8. The van der Waals surface area contributed by atoms with Crippen molar-refractivity contribution in [2.45, 2.75) is 13.5 Å². The highest BCUT2D eigenvalue weighted by Crippen LogP contribution is 2.19. The molecule has 8 nitrogen and oxygen atoms in total. The monoisotopic (exact) mass is 391 g/mol. The summed E-state index contributed by atoms with van der Waals surface area (Å²) in [6.45, 7) is 1.17. The molecular formula is C16H14ClN5O3S. The zero-order chi connectivity index (χ0) is 18.5. The number of anilines is 1. The van der Waals surface area contributed by atoms with Crippen molar-refractivity contribution in [3.05, 3.63) is 45.6 Å². The normalized spacial score (nSPS) is 10.5. The number of tetrazole rings is 1. The van der Waals surface area contributed by atoms with Gasteiger partial charge in [0, 0.05) is 21.7 Å². The highest BCUT2D eigenvalue weighted by molar-refractivity contribution is 7.08. The first-order valence-electron chi connectivity index (χ1n) is 7.53. The van der Waals surface area contributed by atoms with Crippen LogP contribution in [0.15, 0.2) is 35.0 Å². The lowest BCUT2D eigenvalue weighted by Crippen LogP contribution is -2.24. The Morgan fingerprint density at radius 1 is 1.35 bits per heavy atom. The predicted molar refractivity (Wildman–Crippen MR) is 96.9 cm³/mol. The van der Waals surface area contributed by atoms with Crippen LogP contribution in [0.3, 0.4) is 0 Å². The van der Waals surface area contributed by atoms with Crippen LogP contribution in [0.1, 0.15) is 5.56 Å². The molecule has 1 amide bonds. The summed E-state index contributed by atoms with van der Waals surface area (Å²) < 4.78 is 4.94. The average molecular weight is 392 g/mol. The van der Waals surface area contributed by atoms with Crippen LogP contribution in [0.5, 0.6) is 0 Å². The summed E-state index contributed by atoms with van der Waals surface area (Å²) in [4.78, 5) is 24.8. The molecule has 0 bridgehead atoms. The van der Waals surface area contributed by atoms with Gasteiger partial charge in [0.1, 0.15) is 0 Å². The number of halogens is 1. The number of ether oxygens (including phenoxy) is 1. The standard InChI is InChI=1S/C16H14ClN5O3S/c1-10-6-12(17)2-3-13(10)18-14(23)8-25-15(24)7-22-20-16(19-21-22)11-4-5-26-9-11/h2-6,9H,7-8H2,1H3,(H,18,23). The number of benzene rings is 1. The van der Waals surface area contributed by atoms with Gasteiger partial charge in [-0.25, -0.2) is 4.79 Å². The van der Waals surface area contributed by atoms with Gasteiger partial charge in [-0.1, -0.05) is 11.6 Å². The molecule has 134 valence electrons. The first-order valence-corrected chi connectivity index (χ1v) is 8.85. The first kappa shape index (κ1) is 18.0. The highest BCUT2D eigenvalue weighted by atomic mass is 35.5. The number of nitrogens with zero attached hydrogens (tertiary/aromatic N) is 4. The molecule has 26 heavy (non-hydrogen) atoms. The molecule has 0 spiro atoms. The van der Waals surface area contributed by atoms with E-state index in [4.69, 9.17) is 16.3 Å². The van der Waals surface area contributed by atoms with E-state index in [0.717, 1.165) is 15.9 Å². The summed E-state index contributed by atoms with van der Waals surface area (Å²) in [5.74, 6) is -0.661. The molecule has 0 aliphatic rings. The molecule has 3 aromatic rings. The fourth-order valence-electron chi connectivity index (χ4n) is 2.08. The Morgan fingerprint density at radius 2 is 2.19 bits per heavy atom. The molecule has 2 heterocycles. The molecule has 2 aromatic heterocycles. The molecule has 0 saturated heterocycles. The molecule has 0 fully saturated rings. The maximum Gasteiger partial charge on any atom is 0.330 e. The molecule has 0 aliphatic carbocycles. The summed E-state index contributed by atoms with van der Waals surface area (Å²) in [7, 11) is 0. The van der Waals surface area contributed by atoms with E-state index in [9.17, 15) is 9.59 Å². The molecule has 10 heteroatoms. The van der Waals surface area contributed by atoms with Crippen molar-refractivity contribution >= 4 is 40.5 Å². The number of aryl methyl sites for hydroxylation is 1. The minimum absolute atomic E-state index is 0.232. The summed E-state index contributed by atoms with van der Waals surface area (Å²) in [6.07, 6.45) is 0. The zero-order valence-electron chi connectivity index (χ0n) is 13.7. The fraction of sp³-hybridized carbons (Fsp3) is 0.188. The maximum absolute atomic E-state index is 11.9. The van der Waals surface area contributed by atoms with E-state index >= 15 is 0 Å². The third kappa shape index (κ3) is 4.64. The summed E-state index contributed by atoms with van der Waals surface area (Å²) in [5.41, 5.74) is 2.24. The van der Waals surface area contributed by atoms with E-state index in [2.05, 4.69) is 20.7 Å². The van der Waals surface area contributed by atoms with Gasteiger partial charge in [-0.05, 0) is 47.3 Å². The van der Waals surface area contributed by atoms with E-state index in [1.165, 1.54) is 11.3 Å². The van der Waals surface area contributed by atoms with Gasteiger partial charge in [-0.3, -0.25) is 4.79 Å². The lowest BCUT2D eigenvalue weighted by atomic mass is 10.2. The van der Waals surface area contributed by atoms with Gasteiger partial charge in [0.25, 0.3) is 5.91 Å². The van der Waals surface area contributed by atoms with Crippen LogP contribution in [0, 0.1) is 6.92 Å². The fourth-order valence-corrected chi connectivity index (χ4v) is 2.94. The number of amides is 1. The highest BCUT2D eigenvalue weighted by Gasteiger charge is 2.13. The molecule has 3 rings (SSSR count). The Labute approximate surface area is 157 Å². The van der Waals surface area contributed by atoms with Crippen molar-refractivity contribution in [2.24, 2.45) is 0 Å². The number of carbonyl (C=O) groups is 2. The van der Waals surface area contributed by atoms with Crippen molar-refractivity contribution in [1.82, 2.24) is 20.2 Å². The number of esters is 1. The predicted octanol–water partition coefficient (Wildman–Crippen LogP) is 2.55. The summed E-state index contributed by atoms with van der Waals surface area (Å²) in [6, 6.07) is 6.93. The first-order chi connectivity index (χ1) is 12.5. The van der Waals surface area contributed by atoms with Crippen LogP contribution >= 0.6 is 22.9 Å². The van der Waals surface area contributed by atoms with Gasteiger partial charge < -0.3 is 10.1 Å². The lowest BCUT2D eigenvalue weighted by Gasteiger charge is -2.09. The Hall–Kier alpha value is -2.78. The molecule has 1 aromatic carbocycles. The van der Waals surface area contributed by atoms with E-state index in [1.54, 1.807) is 18.2 Å². The van der Waals surface area contributed by atoms with Crippen LogP contribution in [0.4, 0.5) is 5.69 Å². The SMILES string of the molecule is Cc1cc(Cl)ccc1NC(=O)COC(=O)Cn1nnc(-c2ccsc2)n1.